The molecule has 3 nitrogen and oxygen atoms in total. The molecule has 1 N–H and O–H groups in total. The zero-order valence-corrected chi connectivity index (χ0v) is 8.63. The molecule has 2 aliphatic heterocycles. The molecule has 2 fully saturated rings. The molecular formula is C11H19NO2. The first kappa shape index (κ1) is 10.1. The molecule has 2 heterocycles. The van der Waals surface area contributed by atoms with Crippen molar-refractivity contribution in [3.05, 3.63) is 0 Å². The SMILES string of the molecule is O=C(CCC1CCCO1)CC1CNC1. The molecule has 80 valence electrons. The van der Waals surface area contributed by atoms with Gasteiger partial charge in [0.25, 0.3) is 0 Å². The summed E-state index contributed by atoms with van der Waals surface area (Å²) in [7, 11) is 0. The molecule has 0 spiro atoms. The molecule has 0 aromatic rings. The lowest BCUT2D eigenvalue weighted by Gasteiger charge is -2.26. The number of carbonyl (C=O) groups is 1. The molecule has 2 aliphatic rings. The van der Waals surface area contributed by atoms with Crippen molar-refractivity contribution in [3.63, 3.8) is 0 Å². The van der Waals surface area contributed by atoms with Crippen LogP contribution in [0, 0.1) is 5.92 Å². The predicted molar refractivity (Wildman–Crippen MR) is 54.2 cm³/mol. The van der Waals surface area contributed by atoms with Crippen molar-refractivity contribution in [2.24, 2.45) is 5.92 Å². The lowest BCUT2D eigenvalue weighted by molar-refractivity contribution is -0.120. The Morgan fingerprint density at radius 3 is 2.86 bits per heavy atom. The molecule has 0 radical (unpaired) electrons. The van der Waals surface area contributed by atoms with Crippen LogP contribution >= 0.6 is 0 Å². The van der Waals surface area contributed by atoms with Crippen LogP contribution in [0.15, 0.2) is 0 Å². The molecular weight excluding hydrogens is 178 g/mol. The Labute approximate surface area is 85.2 Å². The Kier molecular flexibility index (Phi) is 3.54. The first-order valence-corrected chi connectivity index (χ1v) is 5.68. The smallest absolute Gasteiger partial charge is 0.133 e. The predicted octanol–water partition coefficient (Wildman–Crippen LogP) is 1.12. The highest BCUT2D eigenvalue weighted by Crippen LogP contribution is 2.18. The van der Waals surface area contributed by atoms with Gasteiger partial charge in [-0.25, -0.2) is 0 Å². The van der Waals surface area contributed by atoms with Crippen molar-refractivity contribution in [2.75, 3.05) is 19.7 Å². The van der Waals surface area contributed by atoms with Crippen LogP contribution in [0.4, 0.5) is 0 Å². The normalized spacial score (nSPS) is 27.6. The third-order valence-electron chi connectivity index (χ3n) is 3.15. The number of carbonyl (C=O) groups excluding carboxylic acids is 1. The lowest BCUT2D eigenvalue weighted by atomic mass is 9.94. The van der Waals surface area contributed by atoms with Crippen LogP contribution in [-0.2, 0) is 9.53 Å². The number of hydrogen-bond acceptors (Lipinski definition) is 3. The van der Waals surface area contributed by atoms with Crippen LogP contribution in [0.5, 0.6) is 0 Å². The number of ether oxygens (including phenoxy) is 1. The third-order valence-corrected chi connectivity index (χ3v) is 3.15. The van der Waals surface area contributed by atoms with E-state index in [9.17, 15) is 4.79 Å². The molecule has 2 saturated heterocycles. The zero-order valence-electron chi connectivity index (χ0n) is 8.63. The van der Waals surface area contributed by atoms with Gasteiger partial charge in [0.15, 0.2) is 0 Å². The van der Waals surface area contributed by atoms with Crippen molar-refractivity contribution < 1.29 is 9.53 Å². The number of ketones is 1. The minimum atomic E-state index is 0.374. The van der Waals surface area contributed by atoms with Crippen molar-refractivity contribution >= 4 is 5.78 Å². The van der Waals surface area contributed by atoms with E-state index >= 15 is 0 Å². The number of Topliss-reactive ketones (excluding diaryl/α,β-unsaturated/α-hetero) is 1. The number of nitrogens with one attached hydrogen (secondary N) is 1. The molecule has 0 aromatic heterocycles. The molecule has 0 saturated carbocycles. The lowest BCUT2D eigenvalue weighted by Crippen LogP contribution is -2.42. The minimum Gasteiger partial charge on any atom is -0.378 e. The van der Waals surface area contributed by atoms with E-state index in [0.717, 1.165) is 45.4 Å². The topological polar surface area (TPSA) is 38.3 Å². The summed E-state index contributed by atoms with van der Waals surface area (Å²) in [5, 5.41) is 3.19. The maximum Gasteiger partial charge on any atom is 0.133 e. The van der Waals surface area contributed by atoms with Gasteiger partial charge in [0.1, 0.15) is 5.78 Å². The van der Waals surface area contributed by atoms with Crippen LogP contribution in [0.3, 0.4) is 0 Å². The minimum absolute atomic E-state index is 0.374. The summed E-state index contributed by atoms with van der Waals surface area (Å²) in [6, 6.07) is 0. The van der Waals surface area contributed by atoms with E-state index in [1.54, 1.807) is 0 Å². The second-order valence-electron chi connectivity index (χ2n) is 4.44. The van der Waals surface area contributed by atoms with Crippen LogP contribution < -0.4 is 5.32 Å². The fraction of sp³-hybridized carbons (Fsp3) is 0.909. The van der Waals surface area contributed by atoms with E-state index in [-0.39, 0.29) is 0 Å². The first-order valence-electron chi connectivity index (χ1n) is 5.68. The number of hydrogen-bond donors (Lipinski definition) is 1. The van der Waals surface area contributed by atoms with E-state index in [4.69, 9.17) is 4.74 Å². The summed E-state index contributed by atoms with van der Waals surface area (Å²) >= 11 is 0. The van der Waals surface area contributed by atoms with Gasteiger partial charge >= 0.3 is 0 Å². The quantitative estimate of drug-likeness (QED) is 0.718. The van der Waals surface area contributed by atoms with Gasteiger partial charge in [-0.05, 0) is 38.3 Å². The molecule has 0 aromatic carbocycles. The fourth-order valence-electron chi connectivity index (χ4n) is 2.11. The van der Waals surface area contributed by atoms with Gasteiger partial charge in [-0.3, -0.25) is 4.79 Å². The van der Waals surface area contributed by atoms with Gasteiger partial charge in [0.05, 0.1) is 6.10 Å². The second-order valence-corrected chi connectivity index (χ2v) is 4.44. The molecule has 0 bridgehead atoms. The highest BCUT2D eigenvalue weighted by atomic mass is 16.5. The fourth-order valence-corrected chi connectivity index (χ4v) is 2.11. The van der Waals surface area contributed by atoms with Gasteiger partial charge in [0.2, 0.25) is 0 Å². The number of rotatable bonds is 5. The van der Waals surface area contributed by atoms with E-state index in [1.165, 1.54) is 6.42 Å². The van der Waals surface area contributed by atoms with Crippen LogP contribution in [0.25, 0.3) is 0 Å². The second kappa shape index (κ2) is 4.89. The molecule has 14 heavy (non-hydrogen) atoms. The maximum absolute atomic E-state index is 11.5. The Morgan fingerprint density at radius 1 is 1.43 bits per heavy atom. The Hall–Kier alpha value is -0.410. The summed E-state index contributed by atoms with van der Waals surface area (Å²) in [6.45, 7) is 2.96. The van der Waals surface area contributed by atoms with Gasteiger partial charge < -0.3 is 10.1 Å². The van der Waals surface area contributed by atoms with Crippen molar-refractivity contribution in [3.8, 4) is 0 Å². The molecule has 1 atom stereocenters. The largest absolute Gasteiger partial charge is 0.378 e. The average Bonchev–Trinajstić information content (AvgIpc) is 2.60. The Balaban J connectivity index is 1.57. The van der Waals surface area contributed by atoms with E-state index in [2.05, 4.69) is 5.32 Å². The summed E-state index contributed by atoms with van der Waals surface area (Å²) in [5.41, 5.74) is 0. The highest BCUT2D eigenvalue weighted by molar-refractivity contribution is 5.78. The average molecular weight is 197 g/mol. The Morgan fingerprint density at radius 2 is 2.29 bits per heavy atom. The molecule has 3 heteroatoms. The van der Waals surface area contributed by atoms with E-state index in [0.29, 0.717) is 17.8 Å². The van der Waals surface area contributed by atoms with E-state index < -0.39 is 0 Å². The monoisotopic (exact) mass is 197 g/mol. The van der Waals surface area contributed by atoms with Crippen LogP contribution in [-0.4, -0.2) is 31.6 Å². The molecule has 2 rings (SSSR count). The highest BCUT2D eigenvalue weighted by Gasteiger charge is 2.21. The van der Waals surface area contributed by atoms with Crippen LogP contribution in [0.2, 0.25) is 0 Å². The summed E-state index contributed by atoms with van der Waals surface area (Å²) in [6.07, 6.45) is 5.14. The van der Waals surface area contributed by atoms with Crippen molar-refractivity contribution in [1.82, 2.24) is 5.32 Å². The van der Waals surface area contributed by atoms with E-state index in [1.807, 2.05) is 0 Å². The summed E-state index contributed by atoms with van der Waals surface area (Å²) in [4.78, 5) is 11.5. The third kappa shape index (κ3) is 2.79. The molecule has 0 amide bonds. The zero-order chi connectivity index (χ0) is 9.80. The van der Waals surface area contributed by atoms with Gasteiger partial charge in [0, 0.05) is 19.4 Å². The molecule has 1 unspecified atom stereocenters. The van der Waals surface area contributed by atoms with Crippen LogP contribution in [0.1, 0.15) is 32.1 Å². The van der Waals surface area contributed by atoms with Gasteiger partial charge in [-0.1, -0.05) is 0 Å². The van der Waals surface area contributed by atoms with Gasteiger partial charge in [-0.2, -0.15) is 0 Å². The maximum atomic E-state index is 11.5. The first-order chi connectivity index (χ1) is 6.84. The van der Waals surface area contributed by atoms with Crippen molar-refractivity contribution in [2.45, 2.75) is 38.2 Å². The van der Waals surface area contributed by atoms with Gasteiger partial charge in [-0.15, -0.1) is 0 Å². The summed E-state index contributed by atoms with van der Waals surface area (Å²) in [5.74, 6) is 1.04. The molecule has 0 aliphatic carbocycles. The summed E-state index contributed by atoms with van der Waals surface area (Å²) < 4.78 is 5.48. The van der Waals surface area contributed by atoms with Crippen molar-refractivity contribution in [1.29, 1.82) is 0 Å². The standard InChI is InChI=1S/C11H19NO2/c13-10(6-9-7-12-8-9)3-4-11-2-1-5-14-11/h9,11-12H,1-8H2. The Bertz CT molecular complexity index is 195.